The average Bonchev–Trinajstić information content (AvgIpc) is 3.29. The third-order valence-electron chi connectivity index (χ3n) is 5.27. The van der Waals surface area contributed by atoms with Gasteiger partial charge in [0.1, 0.15) is 17.8 Å². The Morgan fingerprint density at radius 3 is 2.71 bits per heavy atom. The number of carbonyl (C=O) groups is 3. The summed E-state index contributed by atoms with van der Waals surface area (Å²) in [5.41, 5.74) is 2.43. The summed E-state index contributed by atoms with van der Waals surface area (Å²) in [5, 5.41) is 2.70. The van der Waals surface area contributed by atoms with Crippen LogP contribution < -0.4 is 10.1 Å². The fourth-order valence-corrected chi connectivity index (χ4v) is 3.69. The summed E-state index contributed by atoms with van der Waals surface area (Å²) in [6.45, 7) is 0.397. The highest BCUT2D eigenvalue weighted by Crippen LogP contribution is 2.37. The number of aromatic nitrogens is 2. The van der Waals surface area contributed by atoms with Gasteiger partial charge in [-0.2, -0.15) is 0 Å². The van der Waals surface area contributed by atoms with Gasteiger partial charge in [0, 0.05) is 30.6 Å². The molecule has 2 aromatic rings. The van der Waals surface area contributed by atoms with E-state index in [2.05, 4.69) is 20.0 Å². The second-order valence-corrected chi connectivity index (χ2v) is 6.99. The highest BCUT2D eigenvalue weighted by molar-refractivity contribution is 5.84. The van der Waals surface area contributed by atoms with Crippen LogP contribution >= 0.6 is 0 Å². The Hall–Kier alpha value is -3.56. The number of fused-ring (bicyclic) bond motifs is 1. The van der Waals surface area contributed by atoms with Crippen molar-refractivity contribution in [3.8, 4) is 5.75 Å². The van der Waals surface area contributed by atoms with Crippen LogP contribution in [-0.4, -0.2) is 66.8 Å². The number of carbonyl (C=O) groups excluding carboxylic acids is 3. The van der Waals surface area contributed by atoms with E-state index in [0.717, 1.165) is 17.0 Å². The van der Waals surface area contributed by atoms with Gasteiger partial charge in [0.2, 0.25) is 0 Å². The van der Waals surface area contributed by atoms with Crippen molar-refractivity contribution in [2.45, 2.75) is 31.3 Å². The van der Waals surface area contributed by atoms with Gasteiger partial charge in [-0.05, 0) is 12.5 Å². The molecule has 0 fully saturated rings. The lowest BCUT2D eigenvalue weighted by Gasteiger charge is -2.36. The summed E-state index contributed by atoms with van der Waals surface area (Å²) in [6, 6.07) is 5.44. The van der Waals surface area contributed by atoms with E-state index >= 15 is 0 Å². The van der Waals surface area contributed by atoms with Gasteiger partial charge in [0.15, 0.2) is 0 Å². The number of benzene rings is 1. The zero-order chi connectivity index (χ0) is 22.4. The first-order valence-corrected chi connectivity index (χ1v) is 9.87. The van der Waals surface area contributed by atoms with Gasteiger partial charge in [-0.15, -0.1) is 0 Å². The van der Waals surface area contributed by atoms with Crippen LogP contribution in [0.4, 0.5) is 4.79 Å². The molecule has 2 atom stereocenters. The molecule has 0 aliphatic carbocycles. The predicted octanol–water partition coefficient (Wildman–Crippen LogP) is 1.57. The molecule has 1 aliphatic rings. The number of amides is 2. The molecule has 31 heavy (non-hydrogen) atoms. The van der Waals surface area contributed by atoms with Gasteiger partial charge >= 0.3 is 18.0 Å². The monoisotopic (exact) mass is 430 g/mol. The van der Waals surface area contributed by atoms with Crippen molar-refractivity contribution in [1.29, 1.82) is 0 Å². The Labute approximate surface area is 179 Å². The average molecular weight is 430 g/mol. The smallest absolute Gasteiger partial charge is 0.328 e. The van der Waals surface area contributed by atoms with Gasteiger partial charge in [0.25, 0.3) is 0 Å². The van der Waals surface area contributed by atoms with Crippen LogP contribution in [0.5, 0.6) is 5.75 Å². The van der Waals surface area contributed by atoms with Crippen LogP contribution in [0, 0.1) is 0 Å². The number of hydrogen-bond donors (Lipinski definition) is 2. The van der Waals surface area contributed by atoms with Crippen molar-refractivity contribution in [3.63, 3.8) is 0 Å². The van der Waals surface area contributed by atoms with Gasteiger partial charge in [-0.1, -0.05) is 18.2 Å². The molecule has 3 rings (SSSR count). The number of urea groups is 1. The van der Waals surface area contributed by atoms with Gasteiger partial charge in [-0.25, -0.2) is 14.6 Å². The van der Waals surface area contributed by atoms with Crippen LogP contribution in [0.2, 0.25) is 0 Å². The summed E-state index contributed by atoms with van der Waals surface area (Å²) >= 11 is 0. The molecular weight excluding hydrogens is 404 g/mol. The van der Waals surface area contributed by atoms with E-state index in [1.165, 1.54) is 14.2 Å². The summed E-state index contributed by atoms with van der Waals surface area (Å²) in [5.74, 6) is -0.492. The molecule has 0 spiro atoms. The van der Waals surface area contributed by atoms with Crippen LogP contribution in [-0.2, 0) is 25.5 Å². The predicted molar refractivity (Wildman–Crippen MR) is 109 cm³/mol. The van der Waals surface area contributed by atoms with Crippen molar-refractivity contribution in [2.24, 2.45) is 0 Å². The molecular formula is C21H26N4O6. The minimum absolute atomic E-state index is 0.0317. The second-order valence-electron chi connectivity index (χ2n) is 6.99. The first kappa shape index (κ1) is 22.1. The molecule has 0 radical (unpaired) electrons. The summed E-state index contributed by atoms with van der Waals surface area (Å²) in [7, 11) is 4.06. The van der Waals surface area contributed by atoms with Crippen LogP contribution in [0.1, 0.15) is 35.8 Å². The lowest BCUT2D eigenvalue weighted by atomic mass is 9.95. The second kappa shape index (κ2) is 9.96. The fourth-order valence-electron chi connectivity index (χ4n) is 3.69. The number of rotatable bonds is 7. The third-order valence-corrected chi connectivity index (χ3v) is 5.27. The topological polar surface area (TPSA) is 123 Å². The molecule has 2 amide bonds. The molecule has 166 valence electrons. The molecule has 1 aromatic carbocycles. The number of para-hydroxylation sites is 1. The number of hydrogen-bond acceptors (Lipinski definition) is 7. The Morgan fingerprint density at radius 2 is 2.00 bits per heavy atom. The van der Waals surface area contributed by atoms with Gasteiger partial charge in [-0.3, -0.25) is 4.79 Å². The maximum absolute atomic E-state index is 13.3. The fraction of sp³-hybridized carbons (Fsp3) is 0.429. The maximum Gasteiger partial charge on any atom is 0.328 e. The lowest BCUT2D eigenvalue weighted by molar-refractivity contribution is -0.144. The lowest BCUT2D eigenvalue weighted by Crippen LogP contribution is -2.51. The molecule has 10 heteroatoms. The number of methoxy groups -OCH3 is 3. The van der Waals surface area contributed by atoms with Gasteiger partial charge in [0.05, 0.1) is 33.4 Å². The SMILES string of the molecule is COC(=O)CC[C@@H](NC(=O)N1CCc2[nH]cnc2[C@H]1c1ccccc1OC)C(=O)OC. The van der Waals surface area contributed by atoms with E-state index in [9.17, 15) is 14.4 Å². The van der Waals surface area contributed by atoms with E-state index in [4.69, 9.17) is 9.47 Å². The zero-order valence-corrected chi connectivity index (χ0v) is 17.7. The Balaban J connectivity index is 1.88. The Kier molecular flexibility index (Phi) is 7.11. The summed E-state index contributed by atoms with van der Waals surface area (Å²) < 4.78 is 14.9. The molecule has 1 aromatic heterocycles. The highest BCUT2D eigenvalue weighted by Gasteiger charge is 2.37. The number of nitrogens with zero attached hydrogens (tertiary/aromatic N) is 2. The van der Waals surface area contributed by atoms with E-state index < -0.39 is 30.1 Å². The minimum Gasteiger partial charge on any atom is -0.496 e. The molecule has 1 aliphatic heterocycles. The zero-order valence-electron chi connectivity index (χ0n) is 17.7. The first-order valence-electron chi connectivity index (χ1n) is 9.87. The molecule has 2 heterocycles. The number of H-pyrrole nitrogens is 1. The van der Waals surface area contributed by atoms with E-state index in [1.807, 2.05) is 24.3 Å². The Bertz CT molecular complexity index is 943. The van der Waals surface area contributed by atoms with Crippen LogP contribution in [0.3, 0.4) is 0 Å². The number of ether oxygens (including phenoxy) is 3. The van der Waals surface area contributed by atoms with Crippen molar-refractivity contribution >= 4 is 18.0 Å². The quantitative estimate of drug-likeness (QED) is 0.639. The summed E-state index contributed by atoms with van der Waals surface area (Å²) in [6.07, 6.45) is 2.21. The minimum atomic E-state index is -0.990. The van der Waals surface area contributed by atoms with Crippen molar-refractivity contribution < 1.29 is 28.6 Å². The number of nitrogens with one attached hydrogen (secondary N) is 2. The molecule has 0 unspecified atom stereocenters. The molecule has 10 nitrogen and oxygen atoms in total. The van der Waals surface area contributed by atoms with Crippen molar-refractivity contribution in [2.75, 3.05) is 27.9 Å². The molecule has 0 bridgehead atoms. The normalized spacial score (nSPS) is 16.1. The van der Waals surface area contributed by atoms with E-state index in [1.54, 1.807) is 18.3 Å². The van der Waals surface area contributed by atoms with Gasteiger partial charge < -0.3 is 29.4 Å². The van der Waals surface area contributed by atoms with Crippen LogP contribution in [0.25, 0.3) is 0 Å². The van der Waals surface area contributed by atoms with Crippen molar-refractivity contribution in [1.82, 2.24) is 20.2 Å². The maximum atomic E-state index is 13.3. The molecule has 2 N–H and O–H groups in total. The number of esters is 2. The van der Waals surface area contributed by atoms with E-state index in [0.29, 0.717) is 18.7 Å². The number of imidazole rings is 1. The largest absolute Gasteiger partial charge is 0.496 e. The van der Waals surface area contributed by atoms with E-state index in [-0.39, 0.29) is 12.8 Å². The van der Waals surface area contributed by atoms with Crippen LogP contribution in [0.15, 0.2) is 30.6 Å². The Morgan fingerprint density at radius 1 is 1.23 bits per heavy atom. The summed E-state index contributed by atoms with van der Waals surface area (Å²) in [4.78, 5) is 46.1. The standard InChI is InChI=1S/C21H26N4O6/c1-29-16-7-5-4-6-13(16)19-18-14(22-12-23-18)10-11-25(19)21(28)24-15(20(27)31-3)8-9-17(26)30-2/h4-7,12,15,19H,8-11H2,1-3H3,(H,22,23)(H,24,28)/t15-,19-/m1/s1. The first-order chi connectivity index (χ1) is 15.0. The third kappa shape index (κ3) is 4.79. The molecule has 0 saturated heterocycles. The molecule has 0 saturated carbocycles. The van der Waals surface area contributed by atoms with Crippen molar-refractivity contribution in [3.05, 3.63) is 47.5 Å². The highest BCUT2D eigenvalue weighted by atomic mass is 16.5. The number of aromatic amines is 1.